The van der Waals surface area contributed by atoms with E-state index in [-0.39, 0.29) is 5.91 Å². The Morgan fingerprint density at radius 3 is 2.42 bits per heavy atom. The minimum Gasteiger partial charge on any atom is -0.357 e. The first-order valence-electron chi connectivity index (χ1n) is 8.99. The Kier molecular flexibility index (Phi) is 7.68. The van der Waals surface area contributed by atoms with Crippen LogP contribution in [0.3, 0.4) is 0 Å². The third kappa shape index (κ3) is 5.92. The van der Waals surface area contributed by atoms with E-state index in [4.69, 9.17) is 0 Å². The van der Waals surface area contributed by atoms with Crippen molar-refractivity contribution >= 4 is 11.9 Å². The van der Waals surface area contributed by atoms with Crippen molar-refractivity contribution in [3.63, 3.8) is 0 Å². The van der Waals surface area contributed by atoms with Gasteiger partial charge in [0.2, 0.25) is 0 Å². The summed E-state index contributed by atoms with van der Waals surface area (Å²) in [4.78, 5) is 18.8. The molecule has 0 aromatic heterocycles. The van der Waals surface area contributed by atoms with Crippen molar-refractivity contribution < 1.29 is 4.79 Å². The first-order chi connectivity index (χ1) is 12.6. The van der Waals surface area contributed by atoms with Crippen LogP contribution in [0.25, 0.3) is 0 Å². The summed E-state index contributed by atoms with van der Waals surface area (Å²) in [5.41, 5.74) is 3.21. The standard InChI is InChI=1S/C21H28N4O/c1-4-22-21(25(3)16-19-13-9-8-10-17(19)2)24-15-14-23-20(26)18-11-6-5-7-12-18/h5-13H,4,14-16H2,1-3H3,(H,22,24)(H,23,26). The molecule has 0 fully saturated rings. The molecular formula is C21H28N4O. The normalized spacial score (nSPS) is 11.1. The van der Waals surface area contributed by atoms with Crippen LogP contribution >= 0.6 is 0 Å². The van der Waals surface area contributed by atoms with Gasteiger partial charge in [0.05, 0.1) is 6.54 Å². The number of nitrogens with zero attached hydrogens (tertiary/aromatic N) is 2. The molecule has 2 N–H and O–H groups in total. The fourth-order valence-electron chi connectivity index (χ4n) is 2.61. The summed E-state index contributed by atoms with van der Waals surface area (Å²) >= 11 is 0. The summed E-state index contributed by atoms with van der Waals surface area (Å²) in [6, 6.07) is 17.6. The minimum atomic E-state index is -0.0703. The second kappa shape index (κ2) is 10.2. The number of rotatable bonds is 7. The topological polar surface area (TPSA) is 56.7 Å². The predicted octanol–water partition coefficient (Wildman–Crippen LogP) is 2.82. The molecule has 0 spiro atoms. The summed E-state index contributed by atoms with van der Waals surface area (Å²) in [6.07, 6.45) is 0. The maximum Gasteiger partial charge on any atom is 0.251 e. The highest BCUT2D eigenvalue weighted by molar-refractivity contribution is 5.94. The smallest absolute Gasteiger partial charge is 0.251 e. The molecule has 2 rings (SSSR count). The zero-order valence-corrected chi connectivity index (χ0v) is 15.8. The fourth-order valence-corrected chi connectivity index (χ4v) is 2.61. The molecule has 0 saturated carbocycles. The number of hydrogen-bond acceptors (Lipinski definition) is 2. The number of guanidine groups is 1. The average molecular weight is 352 g/mol. The highest BCUT2D eigenvalue weighted by Gasteiger charge is 2.08. The number of nitrogens with one attached hydrogen (secondary N) is 2. The molecular weight excluding hydrogens is 324 g/mol. The highest BCUT2D eigenvalue weighted by Crippen LogP contribution is 2.09. The Balaban J connectivity index is 1.89. The van der Waals surface area contributed by atoms with Crippen molar-refractivity contribution in [1.82, 2.24) is 15.5 Å². The largest absolute Gasteiger partial charge is 0.357 e. The third-order valence-electron chi connectivity index (χ3n) is 4.06. The lowest BCUT2D eigenvalue weighted by atomic mass is 10.1. The van der Waals surface area contributed by atoms with Gasteiger partial charge < -0.3 is 15.5 Å². The van der Waals surface area contributed by atoms with E-state index in [0.717, 1.165) is 19.0 Å². The van der Waals surface area contributed by atoms with E-state index >= 15 is 0 Å². The van der Waals surface area contributed by atoms with Gasteiger partial charge in [0, 0.05) is 32.2 Å². The van der Waals surface area contributed by atoms with Crippen LogP contribution < -0.4 is 10.6 Å². The zero-order chi connectivity index (χ0) is 18.8. The molecule has 0 aliphatic heterocycles. The SMILES string of the molecule is CCNC(=NCCNC(=O)c1ccccc1)N(C)Cc1ccccc1C. The summed E-state index contributed by atoms with van der Waals surface area (Å²) in [5, 5.41) is 6.21. The van der Waals surface area contributed by atoms with Crippen LogP contribution in [-0.4, -0.2) is 43.4 Å². The van der Waals surface area contributed by atoms with E-state index in [2.05, 4.69) is 45.6 Å². The molecule has 0 radical (unpaired) electrons. The monoisotopic (exact) mass is 352 g/mol. The molecule has 0 bridgehead atoms. The highest BCUT2D eigenvalue weighted by atomic mass is 16.1. The number of aryl methyl sites for hydroxylation is 1. The Labute approximate surface area is 156 Å². The number of carbonyl (C=O) groups excluding carboxylic acids is 1. The van der Waals surface area contributed by atoms with E-state index in [1.165, 1.54) is 11.1 Å². The van der Waals surface area contributed by atoms with Crippen molar-refractivity contribution in [3.05, 3.63) is 71.3 Å². The van der Waals surface area contributed by atoms with Crippen molar-refractivity contribution in [2.24, 2.45) is 4.99 Å². The number of benzene rings is 2. The molecule has 0 atom stereocenters. The Morgan fingerprint density at radius 1 is 1.04 bits per heavy atom. The van der Waals surface area contributed by atoms with Gasteiger partial charge in [0.1, 0.15) is 0 Å². The van der Waals surface area contributed by atoms with Crippen molar-refractivity contribution in [2.45, 2.75) is 20.4 Å². The number of amides is 1. The first-order valence-corrected chi connectivity index (χ1v) is 8.99. The summed E-state index contributed by atoms with van der Waals surface area (Å²) in [6.45, 7) is 6.78. The van der Waals surface area contributed by atoms with E-state index in [9.17, 15) is 4.79 Å². The van der Waals surface area contributed by atoms with E-state index in [1.54, 1.807) is 12.1 Å². The van der Waals surface area contributed by atoms with Gasteiger partial charge >= 0.3 is 0 Å². The van der Waals surface area contributed by atoms with Gasteiger partial charge in [-0.3, -0.25) is 9.79 Å². The summed E-state index contributed by atoms with van der Waals surface area (Å²) in [5.74, 6) is 0.767. The number of aliphatic imine (C=N–C) groups is 1. The lowest BCUT2D eigenvalue weighted by Gasteiger charge is -2.23. The average Bonchev–Trinajstić information content (AvgIpc) is 2.66. The lowest BCUT2D eigenvalue weighted by molar-refractivity contribution is 0.0955. The molecule has 0 aliphatic carbocycles. The van der Waals surface area contributed by atoms with Gasteiger partial charge in [-0.25, -0.2) is 0 Å². The van der Waals surface area contributed by atoms with Crippen molar-refractivity contribution in [3.8, 4) is 0 Å². The van der Waals surface area contributed by atoms with E-state index in [1.807, 2.05) is 38.2 Å². The minimum absolute atomic E-state index is 0.0703. The van der Waals surface area contributed by atoms with Gasteiger partial charge in [-0.15, -0.1) is 0 Å². The van der Waals surface area contributed by atoms with Crippen LogP contribution in [0.4, 0.5) is 0 Å². The molecule has 5 heteroatoms. The van der Waals surface area contributed by atoms with Gasteiger partial charge in [-0.2, -0.15) is 0 Å². The van der Waals surface area contributed by atoms with Crippen molar-refractivity contribution in [2.75, 3.05) is 26.7 Å². The Bertz CT molecular complexity index is 728. The Hall–Kier alpha value is -2.82. The second-order valence-electron chi connectivity index (χ2n) is 6.14. The summed E-state index contributed by atoms with van der Waals surface area (Å²) in [7, 11) is 2.02. The van der Waals surface area contributed by atoms with Crippen molar-refractivity contribution in [1.29, 1.82) is 0 Å². The first kappa shape index (κ1) is 19.5. The van der Waals surface area contributed by atoms with Gasteiger partial charge in [0.25, 0.3) is 5.91 Å². The fraction of sp³-hybridized carbons (Fsp3) is 0.333. The van der Waals surface area contributed by atoms with Crippen LogP contribution in [0.1, 0.15) is 28.4 Å². The number of hydrogen-bond donors (Lipinski definition) is 2. The predicted molar refractivity (Wildman–Crippen MR) is 107 cm³/mol. The third-order valence-corrected chi connectivity index (χ3v) is 4.06. The second-order valence-corrected chi connectivity index (χ2v) is 6.14. The quantitative estimate of drug-likeness (QED) is 0.458. The van der Waals surface area contributed by atoms with Crippen LogP contribution in [0, 0.1) is 6.92 Å². The van der Waals surface area contributed by atoms with Crippen LogP contribution in [0.5, 0.6) is 0 Å². The maximum absolute atomic E-state index is 12.0. The Morgan fingerprint density at radius 2 is 1.73 bits per heavy atom. The van der Waals surface area contributed by atoms with Gasteiger partial charge in [0.15, 0.2) is 5.96 Å². The van der Waals surface area contributed by atoms with E-state index < -0.39 is 0 Å². The molecule has 0 saturated heterocycles. The van der Waals surface area contributed by atoms with E-state index in [0.29, 0.717) is 18.7 Å². The number of carbonyl (C=O) groups is 1. The van der Waals surface area contributed by atoms with Crippen LogP contribution in [0.2, 0.25) is 0 Å². The van der Waals surface area contributed by atoms with Gasteiger partial charge in [-0.05, 0) is 37.1 Å². The molecule has 0 unspecified atom stereocenters. The zero-order valence-electron chi connectivity index (χ0n) is 15.8. The molecule has 0 heterocycles. The molecule has 1 amide bonds. The van der Waals surface area contributed by atoms with Gasteiger partial charge in [-0.1, -0.05) is 42.5 Å². The molecule has 2 aromatic carbocycles. The maximum atomic E-state index is 12.0. The molecule has 0 aliphatic rings. The molecule has 2 aromatic rings. The van der Waals surface area contributed by atoms with Crippen LogP contribution in [0.15, 0.2) is 59.6 Å². The lowest BCUT2D eigenvalue weighted by Crippen LogP contribution is -2.39. The summed E-state index contributed by atoms with van der Waals surface area (Å²) < 4.78 is 0. The molecule has 138 valence electrons. The molecule has 5 nitrogen and oxygen atoms in total. The van der Waals surface area contributed by atoms with Crippen LogP contribution in [-0.2, 0) is 6.54 Å². The molecule has 26 heavy (non-hydrogen) atoms.